The highest BCUT2D eigenvalue weighted by atomic mass is 19.1. The maximum absolute atomic E-state index is 13.9. The van der Waals surface area contributed by atoms with E-state index in [1.807, 2.05) is 0 Å². The number of fused-ring (bicyclic) bond motifs is 1. The molecule has 0 saturated carbocycles. The van der Waals surface area contributed by atoms with Crippen molar-refractivity contribution in [1.82, 2.24) is 30.2 Å². The summed E-state index contributed by atoms with van der Waals surface area (Å²) in [5.41, 5.74) is 7.59. The Morgan fingerprint density at radius 3 is 2.71 bits per heavy atom. The first-order valence-corrected chi connectivity index (χ1v) is 9.61. The first-order valence-electron chi connectivity index (χ1n) is 9.61. The minimum Gasteiger partial charge on any atom is -0.364 e. The molecule has 4 rings (SSSR count). The summed E-state index contributed by atoms with van der Waals surface area (Å²) in [7, 11) is 1.44. The molecular formula is C20H20FN7O3. The zero-order chi connectivity index (χ0) is 22.1. The smallest absolute Gasteiger partial charge is 0.269 e. The van der Waals surface area contributed by atoms with E-state index in [0.29, 0.717) is 10.9 Å². The molecule has 3 heterocycles. The van der Waals surface area contributed by atoms with Gasteiger partial charge in [-0.15, -0.1) is 0 Å². The van der Waals surface area contributed by atoms with Crippen molar-refractivity contribution in [3.63, 3.8) is 0 Å². The number of benzene rings is 1. The highest BCUT2D eigenvalue weighted by Gasteiger charge is 2.39. The molecule has 0 radical (unpaired) electrons. The lowest BCUT2D eigenvalue weighted by atomic mass is 10.0. The number of aromatic nitrogens is 4. The molecule has 2 atom stereocenters. The quantitative estimate of drug-likeness (QED) is 0.603. The lowest BCUT2D eigenvalue weighted by molar-refractivity contribution is -0.138. The summed E-state index contributed by atoms with van der Waals surface area (Å²) in [5.74, 6) is -1.64. The van der Waals surface area contributed by atoms with Crippen LogP contribution in [-0.2, 0) is 16.1 Å². The second-order valence-corrected chi connectivity index (χ2v) is 7.24. The number of carbonyl (C=O) groups excluding carboxylic acids is 3. The molecule has 1 aliphatic rings. The Morgan fingerprint density at radius 2 is 2.03 bits per heavy atom. The Morgan fingerprint density at radius 1 is 1.23 bits per heavy atom. The third-order valence-corrected chi connectivity index (χ3v) is 5.31. The minimum absolute atomic E-state index is 0.0132. The van der Waals surface area contributed by atoms with Gasteiger partial charge in [-0.2, -0.15) is 15.3 Å². The Bertz CT molecular complexity index is 1160. The monoisotopic (exact) mass is 425 g/mol. The number of nitrogens with one attached hydrogen (secondary N) is 1. The average Bonchev–Trinajstić information content (AvgIpc) is 3.34. The van der Waals surface area contributed by atoms with Gasteiger partial charge in [-0.3, -0.25) is 19.1 Å². The zero-order valence-corrected chi connectivity index (χ0v) is 16.7. The SMILES string of the molecule is CNC(=O)C1C[C@@H](F)CN1C(=O)Cn1nc(C(N)=O)c2cc(-c3ccnnc3)ccc21. The lowest BCUT2D eigenvalue weighted by Gasteiger charge is -2.23. The second kappa shape index (κ2) is 8.09. The van der Waals surface area contributed by atoms with Crippen molar-refractivity contribution in [2.24, 2.45) is 5.73 Å². The molecule has 1 aliphatic heterocycles. The van der Waals surface area contributed by atoms with Gasteiger partial charge >= 0.3 is 0 Å². The summed E-state index contributed by atoms with van der Waals surface area (Å²) >= 11 is 0. The number of likely N-dealkylation sites (N-methyl/N-ethyl adjacent to an activating group) is 1. The van der Waals surface area contributed by atoms with Crippen molar-refractivity contribution in [2.75, 3.05) is 13.6 Å². The lowest BCUT2D eigenvalue weighted by Crippen LogP contribution is -2.46. The van der Waals surface area contributed by atoms with Crippen molar-refractivity contribution in [3.05, 3.63) is 42.4 Å². The van der Waals surface area contributed by atoms with Crippen LogP contribution in [-0.4, -0.2) is 68.4 Å². The molecule has 160 valence electrons. The van der Waals surface area contributed by atoms with E-state index in [9.17, 15) is 18.8 Å². The average molecular weight is 425 g/mol. The highest BCUT2D eigenvalue weighted by molar-refractivity contribution is 6.05. The molecule has 3 amide bonds. The molecule has 3 N–H and O–H groups in total. The predicted molar refractivity (Wildman–Crippen MR) is 108 cm³/mol. The van der Waals surface area contributed by atoms with Crippen LogP contribution in [0.4, 0.5) is 4.39 Å². The largest absolute Gasteiger partial charge is 0.364 e. The van der Waals surface area contributed by atoms with Crippen molar-refractivity contribution in [3.8, 4) is 11.1 Å². The van der Waals surface area contributed by atoms with E-state index in [4.69, 9.17) is 5.73 Å². The number of alkyl halides is 1. The van der Waals surface area contributed by atoms with Crippen LogP contribution in [0.2, 0.25) is 0 Å². The molecule has 31 heavy (non-hydrogen) atoms. The number of carbonyl (C=O) groups is 3. The van der Waals surface area contributed by atoms with E-state index >= 15 is 0 Å². The van der Waals surface area contributed by atoms with E-state index in [2.05, 4.69) is 20.6 Å². The summed E-state index contributed by atoms with van der Waals surface area (Å²) < 4.78 is 15.3. The fourth-order valence-corrected chi connectivity index (χ4v) is 3.82. The molecule has 10 nitrogen and oxygen atoms in total. The summed E-state index contributed by atoms with van der Waals surface area (Å²) in [5, 5.41) is 14.7. The number of amides is 3. The second-order valence-electron chi connectivity index (χ2n) is 7.24. The third-order valence-electron chi connectivity index (χ3n) is 5.31. The van der Waals surface area contributed by atoms with Gasteiger partial charge < -0.3 is 16.0 Å². The van der Waals surface area contributed by atoms with Gasteiger partial charge in [0.15, 0.2) is 5.69 Å². The molecule has 1 fully saturated rings. The maximum Gasteiger partial charge on any atom is 0.269 e. The van der Waals surface area contributed by atoms with Gasteiger partial charge in [-0.25, -0.2) is 4.39 Å². The van der Waals surface area contributed by atoms with Crippen LogP contribution in [0.15, 0.2) is 36.7 Å². The number of rotatable bonds is 5. The molecule has 1 saturated heterocycles. The highest BCUT2D eigenvalue weighted by Crippen LogP contribution is 2.27. The molecule has 3 aromatic rings. The van der Waals surface area contributed by atoms with Crippen LogP contribution in [0.5, 0.6) is 0 Å². The molecule has 11 heteroatoms. The van der Waals surface area contributed by atoms with Crippen molar-refractivity contribution in [1.29, 1.82) is 0 Å². The Labute approximate surface area is 176 Å². The van der Waals surface area contributed by atoms with Crippen LogP contribution >= 0.6 is 0 Å². The molecule has 0 bridgehead atoms. The van der Waals surface area contributed by atoms with Crippen molar-refractivity contribution in [2.45, 2.75) is 25.2 Å². The third kappa shape index (κ3) is 3.81. The number of nitrogens with two attached hydrogens (primary N) is 1. The normalized spacial score (nSPS) is 18.3. The standard InChI is InChI=1S/C20H20FN7O3/c1-23-20(31)16-7-13(21)9-27(16)17(29)10-28-15-3-2-11(12-4-5-24-25-8-12)6-14(15)18(26-28)19(22)30/h2-6,8,13,16H,7,9-10H2,1H3,(H2,22,30)(H,23,31)/t13-,16?/m1/s1. The molecule has 0 aliphatic carbocycles. The summed E-state index contributed by atoms with van der Waals surface area (Å²) in [6.45, 7) is -0.432. The van der Waals surface area contributed by atoms with E-state index in [0.717, 1.165) is 11.1 Å². The van der Waals surface area contributed by atoms with Crippen LogP contribution in [0, 0.1) is 0 Å². The van der Waals surface area contributed by atoms with Crippen LogP contribution in [0.1, 0.15) is 16.9 Å². The van der Waals surface area contributed by atoms with Crippen LogP contribution in [0.3, 0.4) is 0 Å². The zero-order valence-electron chi connectivity index (χ0n) is 16.7. The summed E-state index contributed by atoms with van der Waals surface area (Å²) in [4.78, 5) is 38.1. The van der Waals surface area contributed by atoms with Crippen molar-refractivity contribution >= 4 is 28.6 Å². The number of primary amides is 1. The number of hydrogen-bond acceptors (Lipinski definition) is 6. The van der Waals surface area contributed by atoms with Gasteiger partial charge in [0.1, 0.15) is 18.8 Å². The van der Waals surface area contributed by atoms with Gasteiger partial charge in [-0.05, 0) is 23.8 Å². The van der Waals surface area contributed by atoms with Gasteiger partial charge in [-0.1, -0.05) is 6.07 Å². The van der Waals surface area contributed by atoms with Crippen LogP contribution in [0.25, 0.3) is 22.0 Å². The Balaban J connectivity index is 1.69. The van der Waals surface area contributed by atoms with Gasteiger partial charge in [0.2, 0.25) is 11.8 Å². The van der Waals surface area contributed by atoms with Crippen LogP contribution < -0.4 is 11.1 Å². The van der Waals surface area contributed by atoms with Gasteiger partial charge in [0.25, 0.3) is 5.91 Å². The number of hydrogen-bond donors (Lipinski definition) is 2. The predicted octanol–water partition coefficient (Wildman–Crippen LogP) is 0.277. The van der Waals surface area contributed by atoms with Gasteiger partial charge in [0, 0.05) is 24.4 Å². The molecule has 0 spiro atoms. The number of likely N-dealkylation sites (tertiary alicyclic amines) is 1. The van der Waals surface area contributed by atoms with E-state index in [-0.39, 0.29) is 25.2 Å². The first kappa shape index (κ1) is 20.4. The fourth-order valence-electron chi connectivity index (χ4n) is 3.82. The number of nitrogens with zero attached hydrogens (tertiary/aromatic N) is 5. The molecule has 2 aromatic heterocycles. The van der Waals surface area contributed by atoms with E-state index in [1.165, 1.54) is 16.6 Å². The minimum atomic E-state index is -1.28. The molecule has 1 unspecified atom stereocenters. The summed E-state index contributed by atoms with van der Waals surface area (Å²) in [6.07, 6.45) is 1.80. The Kier molecular flexibility index (Phi) is 5.32. The summed E-state index contributed by atoms with van der Waals surface area (Å²) in [6, 6.07) is 6.15. The van der Waals surface area contributed by atoms with Crippen molar-refractivity contribution < 1.29 is 18.8 Å². The number of halogens is 1. The topological polar surface area (TPSA) is 136 Å². The molecular weight excluding hydrogens is 405 g/mol. The Hall–Kier alpha value is -3.89. The van der Waals surface area contributed by atoms with E-state index in [1.54, 1.807) is 36.7 Å². The van der Waals surface area contributed by atoms with Gasteiger partial charge in [0.05, 0.1) is 24.5 Å². The molecule has 1 aromatic carbocycles. The first-order chi connectivity index (χ1) is 14.9. The van der Waals surface area contributed by atoms with E-state index < -0.39 is 29.9 Å². The fraction of sp³-hybridized carbons (Fsp3) is 0.300. The maximum atomic E-state index is 13.9.